The largest absolute Gasteiger partial charge is 0.441 e. The fourth-order valence-electron chi connectivity index (χ4n) is 4.45. The SMILES string of the molecule is CC(C)NC(=S)Nc1ccc(-c2ncc(-c3ccc(NC(=O)OC(C)c4ccccc4)cc3CCNC(C)(C)C)s2)cc1. The van der Waals surface area contributed by atoms with Crippen LogP contribution in [0, 0.1) is 0 Å². The fraction of sp³-hybridized carbons (Fsp3) is 0.324. The van der Waals surface area contributed by atoms with Crippen molar-refractivity contribution in [2.24, 2.45) is 0 Å². The fourth-order valence-corrected chi connectivity index (χ4v) is 5.78. The molecule has 0 fully saturated rings. The van der Waals surface area contributed by atoms with Gasteiger partial charge < -0.3 is 20.7 Å². The molecule has 0 radical (unpaired) electrons. The van der Waals surface area contributed by atoms with E-state index in [0.29, 0.717) is 10.8 Å². The number of nitrogens with one attached hydrogen (secondary N) is 4. The number of rotatable bonds is 10. The van der Waals surface area contributed by atoms with Crippen LogP contribution in [0.15, 0.2) is 79.0 Å². The van der Waals surface area contributed by atoms with Gasteiger partial charge in [-0.25, -0.2) is 9.78 Å². The summed E-state index contributed by atoms with van der Waals surface area (Å²) in [4.78, 5) is 18.5. The van der Waals surface area contributed by atoms with Crippen LogP contribution >= 0.6 is 23.6 Å². The third-order valence-corrected chi connectivity index (χ3v) is 7.83. The highest BCUT2D eigenvalue weighted by Gasteiger charge is 2.16. The van der Waals surface area contributed by atoms with E-state index < -0.39 is 6.09 Å². The highest BCUT2D eigenvalue weighted by molar-refractivity contribution is 7.80. The predicted octanol–water partition coefficient (Wildman–Crippen LogP) is 8.41. The lowest BCUT2D eigenvalue weighted by Gasteiger charge is -2.21. The van der Waals surface area contributed by atoms with Gasteiger partial charge in [0.2, 0.25) is 0 Å². The molecule has 4 aromatic rings. The van der Waals surface area contributed by atoms with Crippen LogP contribution in [-0.4, -0.2) is 34.3 Å². The van der Waals surface area contributed by atoms with Gasteiger partial charge in [-0.15, -0.1) is 11.3 Å². The van der Waals surface area contributed by atoms with E-state index in [1.807, 2.05) is 79.9 Å². The van der Waals surface area contributed by atoms with Gasteiger partial charge in [0.05, 0.1) is 4.88 Å². The number of hydrogen-bond donors (Lipinski definition) is 4. The lowest BCUT2D eigenvalue weighted by atomic mass is 10.0. The highest BCUT2D eigenvalue weighted by atomic mass is 32.1. The minimum absolute atomic E-state index is 0.000665. The quantitative estimate of drug-likeness (QED) is 0.133. The van der Waals surface area contributed by atoms with E-state index in [1.165, 1.54) is 0 Å². The van der Waals surface area contributed by atoms with Gasteiger partial charge in [-0.2, -0.15) is 0 Å². The van der Waals surface area contributed by atoms with Gasteiger partial charge in [0.1, 0.15) is 11.1 Å². The lowest BCUT2D eigenvalue weighted by molar-refractivity contribution is 0.121. The zero-order valence-corrected chi connectivity index (χ0v) is 27.3. The second-order valence-electron chi connectivity index (χ2n) is 11.7. The molecule has 0 aliphatic rings. The minimum atomic E-state index is -0.485. The molecule has 1 unspecified atom stereocenters. The molecule has 0 aliphatic carbocycles. The first kappa shape index (κ1) is 32.1. The first-order valence-corrected chi connectivity index (χ1v) is 15.7. The molecule has 1 heterocycles. The summed E-state index contributed by atoms with van der Waals surface area (Å²) in [5.41, 5.74) is 5.81. The molecule has 0 spiro atoms. The maximum absolute atomic E-state index is 12.7. The van der Waals surface area contributed by atoms with Gasteiger partial charge in [0.25, 0.3) is 0 Å². The van der Waals surface area contributed by atoms with Gasteiger partial charge in [-0.3, -0.25) is 5.32 Å². The molecule has 0 saturated carbocycles. The van der Waals surface area contributed by atoms with E-state index in [-0.39, 0.29) is 17.7 Å². The third-order valence-electron chi connectivity index (χ3n) is 6.53. The molecule has 1 atom stereocenters. The molecule has 226 valence electrons. The Morgan fingerprint density at radius 2 is 1.65 bits per heavy atom. The second-order valence-corrected chi connectivity index (χ2v) is 13.2. The van der Waals surface area contributed by atoms with Gasteiger partial charge in [0, 0.05) is 34.7 Å². The average Bonchev–Trinajstić information content (AvgIpc) is 3.43. The van der Waals surface area contributed by atoms with Gasteiger partial charge in [-0.05, 0) is 120 Å². The minimum Gasteiger partial charge on any atom is -0.441 e. The van der Waals surface area contributed by atoms with Crippen LogP contribution < -0.4 is 21.3 Å². The van der Waals surface area contributed by atoms with Crippen LogP contribution in [0.3, 0.4) is 0 Å². The Hall–Kier alpha value is -3.79. The van der Waals surface area contributed by atoms with Crippen molar-refractivity contribution in [2.45, 2.75) is 65.6 Å². The van der Waals surface area contributed by atoms with Crippen molar-refractivity contribution in [1.82, 2.24) is 15.6 Å². The van der Waals surface area contributed by atoms with E-state index in [4.69, 9.17) is 21.9 Å². The summed E-state index contributed by atoms with van der Waals surface area (Å²) in [6.45, 7) is 13.2. The number of benzene rings is 3. The lowest BCUT2D eigenvalue weighted by Crippen LogP contribution is -2.37. The van der Waals surface area contributed by atoms with Crippen molar-refractivity contribution in [3.05, 3.63) is 90.1 Å². The Labute approximate surface area is 264 Å². The molecule has 0 bridgehead atoms. The van der Waals surface area contributed by atoms with E-state index in [1.54, 1.807) is 11.3 Å². The summed E-state index contributed by atoms with van der Waals surface area (Å²) < 4.78 is 5.63. The smallest absolute Gasteiger partial charge is 0.412 e. The Kier molecular flexibility index (Phi) is 10.9. The molecule has 4 N–H and O–H groups in total. The number of thiocarbonyl (C=S) groups is 1. The normalized spacial score (nSPS) is 12.1. The summed E-state index contributed by atoms with van der Waals surface area (Å²) in [7, 11) is 0. The van der Waals surface area contributed by atoms with Crippen LogP contribution in [0.5, 0.6) is 0 Å². The second kappa shape index (κ2) is 14.6. The number of anilines is 2. The number of ether oxygens (including phenoxy) is 1. The standard InChI is InChI=1S/C34H41N5O2S2/c1-22(2)37-32(42)38-27-14-12-25(13-15-27)31-35-21-30(43-31)29-17-16-28(20-26(29)18-19-36-34(4,5)6)39-33(40)41-23(3)24-10-8-7-9-11-24/h7-17,20-23,36H,18-19H2,1-6H3,(H,39,40)(H2,37,38,42). The number of carbonyl (C=O) groups is 1. The van der Waals surface area contributed by atoms with Crippen molar-refractivity contribution in [3.63, 3.8) is 0 Å². The molecular weight excluding hydrogens is 575 g/mol. The molecule has 43 heavy (non-hydrogen) atoms. The first-order chi connectivity index (χ1) is 20.5. The number of aromatic nitrogens is 1. The topological polar surface area (TPSA) is 87.3 Å². The van der Waals surface area contributed by atoms with Gasteiger partial charge >= 0.3 is 6.09 Å². The molecular formula is C34H41N5O2S2. The van der Waals surface area contributed by atoms with Crippen LogP contribution in [-0.2, 0) is 11.2 Å². The van der Waals surface area contributed by atoms with Crippen molar-refractivity contribution in [2.75, 3.05) is 17.2 Å². The maximum atomic E-state index is 12.7. The molecule has 7 nitrogen and oxygen atoms in total. The zero-order valence-electron chi connectivity index (χ0n) is 25.7. The molecule has 9 heteroatoms. The monoisotopic (exact) mass is 615 g/mol. The Morgan fingerprint density at radius 3 is 2.33 bits per heavy atom. The van der Waals surface area contributed by atoms with Crippen LogP contribution in [0.1, 0.15) is 58.8 Å². The van der Waals surface area contributed by atoms with Crippen molar-refractivity contribution >= 4 is 46.1 Å². The number of carbonyl (C=O) groups excluding carboxylic acids is 1. The number of hydrogen-bond acceptors (Lipinski definition) is 6. The number of nitrogens with zero attached hydrogens (tertiary/aromatic N) is 1. The van der Waals surface area contributed by atoms with E-state index >= 15 is 0 Å². The predicted molar refractivity (Wildman–Crippen MR) is 184 cm³/mol. The summed E-state index contributed by atoms with van der Waals surface area (Å²) in [6, 6.07) is 24.1. The van der Waals surface area contributed by atoms with Gasteiger partial charge in [-0.1, -0.05) is 36.4 Å². The number of thiazole rings is 1. The van der Waals surface area contributed by atoms with Crippen LogP contribution in [0.2, 0.25) is 0 Å². The molecule has 0 aliphatic heterocycles. The molecule has 1 amide bonds. The zero-order chi connectivity index (χ0) is 31.0. The van der Waals surface area contributed by atoms with Crippen molar-refractivity contribution in [1.29, 1.82) is 0 Å². The van der Waals surface area contributed by atoms with E-state index in [2.05, 4.69) is 62.0 Å². The van der Waals surface area contributed by atoms with Crippen LogP contribution in [0.4, 0.5) is 16.2 Å². The summed E-state index contributed by atoms with van der Waals surface area (Å²) in [5, 5.41) is 14.4. The molecule has 4 rings (SSSR count). The van der Waals surface area contributed by atoms with E-state index in [0.717, 1.165) is 50.8 Å². The molecule has 0 saturated heterocycles. The Morgan fingerprint density at radius 1 is 0.953 bits per heavy atom. The average molecular weight is 616 g/mol. The van der Waals surface area contributed by atoms with Crippen molar-refractivity contribution in [3.8, 4) is 21.0 Å². The van der Waals surface area contributed by atoms with Crippen molar-refractivity contribution < 1.29 is 9.53 Å². The first-order valence-electron chi connectivity index (χ1n) is 14.5. The Balaban J connectivity index is 1.50. The summed E-state index contributed by atoms with van der Waals surface area (Å²) >= 11 is 7.01. The third kappa shape index (κ3) is 9.88. The van der Waals surface area contributed by atoms with Gasteiger partial charge in [0.15, 0.2) is 5.11 Å². The maximum Gasteiger partial charge on any atom is 0.412 e. The summed E-state index contributed by atoms with van der Waals surface area (Å²) in [5.74, 6) is 0. The number of amides is 1. The summed E-state index contributed by atoms with van der Waals surface area (Å²) in [6.07, 6.45) is 1.87. The van der Waals surface area contributed by atoms with Crippen LogP contribution in [0.25, 0.3) is 21.0 Å². The molecule has 1 aromatic heterocycles. The van der Waals surface area contributed by atoms with E-state index in [9.17, 15) is 4.79 Å². The molecule has 3 aromatic carbocycles. The highest BCUT2D eigenvalue weighted by Crippen LogP contribution is 2.35. The Bertz CT molecular complexity index is 1510.